The summed E-state index contributed by atoms with van der Waals surface area (Å²) in [6, 6.07) is 34.8. The average molecular weight is 849 g/mol. The van der Waals surface area contributed by atoms with E-state index in [1.54, 1.807) is 0 Å². The number of aryl methyl sites for hydroxylation is 1. The maximum atomic E-state index is 7.47. The third kappa shape index (κ3) is 6.98. The molecule has 2 bridgehead atoms. The van der Waals surface area contributed by atoms with Gasteiger partial charge in [0.15, 0.2) is 0 Å². The quantitative estimate of drug-likeness (QED) is 0.165. The SMILES string of the molecule is Cc1cc2c3c(c1)N(C1CC4CCC1C4)c1ccc(C(C)(C)C)cc1B3c1oc3ccc(C(C)(C)C)cc3c1N2c1ccc(C(C)(C)C)cc1-c1cc(C(C)(C)C)cc(C(C)(C)C)c1. The van der Waals surface area contributed by atoms with Crippen molar-refractivity contribution in [3.05, 3.63) is 118 Å². The van der Waals surface area contributed by atoms with Crippen LogP contribution in [0.5, 0.6) is 0 Å². The number of fused-ring (bicyclic) bond motifs is 8. The largest absolute Gasteiger partial charge is 0.468 e. The zero-order valence-corrected chi connectivity index (χ0v) is 42.0. The summed E-state index contributed by atoms with van der Waals surface area (Å²) in [5, 5.41) is 1.19. The number of anilines is 5. The molecule has 0 saturated heterocycles. The summed E-state index contributed by atoms with van der Waals surface area (Å²) in [5.41, 5.74) is 21.7. The number of rotatable bonds is 3. The Balaban J connectivity index is 1.34. The van der Waals surface area contributed by atoms with E-state index >= 15 is 0 Å². The topological polar surface area (TPSA) is 19.6 Å². The first-order valence-corrected chi connectivity index (χ1v) is 24.5. The minimum atomic E-state index is -0.0523. The summed E-state index contributed by atoms with van der Waals surface area (Å²) >= 11 is 0. The molecule has 0 spiro atoms. The molecule has 2 fully saturated rings. The van der Waals surface area contributed by atoms with E-state index in [1.165, 1.54) is 115 Å². The lowest BCUT2D eigenvalue weighted by Crippen LogP contribution is -2.63. The molecule has 3 unspecified atom stereocenters. The standard InChI is InChI=1S/C60H73BN2O/c1-35-25-50-53-51(26-35)63(47-22-19-39(56(2,3)4)32-44(47)38-29-42(59(11,12)13)31-43(30-38)60(14,15)16)54-45-33-40(57(5,6)7)21-24-52(45)64-55(54)61(53)46-34-41(58(8,9)10)20-23-48(46)62(50)49-28-36-17-18-37(49)27-36/h19-26,29-34,36-37,49H,17-18,27-28H2,1-16H3. The first-order valence-electron chi connectivity index (χ1n) is 24.5. The van der Waals surface area contributed by atoms with Crippen LogP contribution in [0.25, 0.3) is 22.1 Å². The molecule has 3 atom stereocenters. The van der Waals surface area contributed by atoms with Crippen LogP contribution in [-0.4, -0.2) is 12.8 Å². The highest BCUT2D eigenvalue weighted by molar-refractivity contribution is 6.99. The van der Waals surface area contributed by atoms with Crippen molar-refractivity contribution >= 4 is 62.7 Å². The summed E-state index contributed by atoms with van der Waals surface area (Å²) < 4.78 is 7.47. The second-order valence-electron chi connectivity index (χ2n) is 25.7. The molecule has 0 N–H and O–H groups in total. The summed E-state index contributed by atoms with van der Waals surface area (Å²) in [4.78, 5) is 5.50. The van der Waals surface area contributed by atoms with Crippen LogP contribution < -0.4 is 26.4 Å². The highest BCUT2D eigenvalue weighted by Crippen LogP contribution is 2.54. The molecule has 2 saturated carbocycles. The van der Waals surface area contributed by atoms with Crippen LogP contribution in [0.1, 0.15) is 163 Å². The van der Waals surface area contributed by atoms with Crippen LogP contribution in [0, 0.1) is 18.8 Å². The van der Waals surface area contributed by atoms with E-state index in [9.17, 15) is 0 Å². The molecule has 5 aromatic carbocycles. The first kappa shape index (κ1) is 43.2. The lowest BCUT2D eigenvalue weighted by atomic mass is 9.35. The van der Waals surface area contributed by atoms with E-state index in [1.807, 2.05) is 0 Å². The van der Waals surface area contributed by atoms with Gasteiger partial charge in [-0.1, -0.05) is 153 Å². The lowest BCUT2D eigenvalue weighted by molar-refractivity contribution is 0.413. The summed E-state index contributed by atoms with van der Waals surface area (Å²) in [5.74, 6) is 1.54. The Labute approximate surface area is 386 Å². The van der Waals surface area contributed by atoms with Gasteiger partial charge in [-0.2, -0.15) is 0 Å². The molecule has 332 valence electrons. The molecule has 3 heterocycles. The van der Waals surface area contributed by atoms with E-state index in [0.29, 0.717) is 12.0 Å². The van der Waals surface area contributed by atoms with E-state index in [-0.39, 0.29) is 33.8 Å². The Hall–Kier alpha value is -4.70. The molecule has 0 radical (unpaired) electrons. The minimum absolute atomic E-state index is 0.00110. The number of hydrogen-bond acceptors (Lipinski definition) is 3. The first-order chi connectivity index (χ1) is 29.8. The summed E-state index contributed by atoms with van der Waals surface area (Å²) in [6.07, 6.45) is 5.35. The fourth-order valence-corrected chi connectivity index (χ4v) is 11.8. The van der Waals surface area contributed by atoms with E-state index in [0.717, 1.165) is 17.2 Å². The second kappa shape index (κ2) is 14.2. The van der Waals surface area contributed by atoms with E-state index in [2.05, 4.69) is 206 Å². The Kier molecular flexibility index (Phi) is 9.56. The molecule has 64 heavy (non-hydrogen) atoms. The summed E-state index contributed by atoms with van der Waals surface area (Å²) in [6.45, 7) is 37.5. The van der Waals surface area contributed by atoms with Crippen LogP contribution >= 0.6 is 0 Å². The number of hydrogen-bond donors (Lipinski definition) is 0. The molecule has 3 nitrogen and oxygen atoms in total. The third-order valence-electron chi connectivity index (χ3n) is 15.7. The number of furan rings is 1. The monoisotopic (exact) mass is 849 g/mol. The lowest BCUT2D eigenvalue weighted by Gasteiger charge is -2.47. The normalized spacial score (nSPS) is 19.7. The highest BCUT2D eigenvalue weighted by atomic mass is 16.3. The van der Waals surface area contributed by atoms with Crippen LogP contribution in [0.4, 0.5) is 28.4 Å². The Morgan fingerprint density at radius 1 is 0.531 bits per heavy atom. The van der Waals surface area contributed by atoms with Gasteiger partial charge in [-0.05, 0) is 157 Å². The predicted molar refractivity (Wildman–Crippen MR) is 277 cm³/mol. The van der Waals surface area contributed by atoms with Gasteiger partial charge in [0.25, 0.3) is 6.71 Å². The van der Waals surface area contributed by atoms with Gasteiger partial charge in [0.2, 0.25) is 0 Å². The Morgan fingerprint density at radius 3 is 1.67 bits per heavy atom. The zero-order valence-electron chi connectivity index (χ0n) is 42.0. The molecular formula is C60H73BN2O. The van der Waals surface area contributed by atoms with Gasteiger partial charge in [-0.15, -0.1) is 0 Å². The molecule has 2 aliphatic heterocycles. The van der Waals surface area contributed by atoms with Crippen molar-refractivity contribution in [2.45, 2.75) is 170 Å². The molecule has 4 heteroatoms. The van der Waals surface area contributed by atoms with Crippen molar-refractivity contribution in [2.75, 3.05) is 9.80 Å². The average Bonchev–Trinajstić information content (AvgIpc) is 3.93. The maximum absolute atomic E-state index is 7.47. The van der Waals surface area contributed by atoms with E-state index in [4.69, 9.17) is 4.42 Å². The van der Waals surface area contributed by atoms with Gasteiger partial charge < -0.3 is 14.2 Å². The van der Waals surface area contributed by atoms with Gasteiger partial charge in [-0.25, -0.2) is 0 Å². The fraction of sp³-hybridized carbons (Fsp3) is 0.467. The van der Waals surface area contributed by atoms with Gasteiger partial charge >= 0.3 is 0 Å². The van der Waals surface area contributed by atoms with Crippen LogP contribution in [0.2, 0.25) is 0 Å². The Bertz CT molecular complexity index is 2830. The van der Waals surface area contributed by atoms with Crippen LogP contribution in [-0.2, 0) is 27.1 Å². The van der Waals surface area contributed by atoms with Crippen molar-refractivity contribution in [2.24, 2.45) is 11.8 Å². The maximum Gasteiger partial charge on any atom is 0.297 e. The molecule has 1 aromatic heterocycles. The van der Waals surface area contributed by atoms with Gasteiger partial charge in [-0.3, -0.25) is 0 Å². The van der Waals surface area contributed by atoms with Crippen molar-refractivity contribution in [3.8, 4) is 11.1 Å². The van der Waals surface area contributed by atoms with Crippen molar-refractivity contribution in [3.63, 3.8) is 0 Å². The van der Waals surface area contributed by atoms with Gasteiger partial charge in [0.1, 0.15) is 5.58 Å². The van der Waals surface area contributed by atoms with Crippen LogP contribution in [0.15, 0.2) is 89.3 Å². The Morgan fingerprint density at radius 2 is 1.09 bits per heavy atom. The molecule has 4 aliphatic rings. The zero-order chi connectivity index (χ0) is 45.8. The molecular weight excluding hydrogens is 775 g/mol. The predicted octanol–water partition coefficient (Wildman–Crippen LogP) is 14.8. The fourth-order valence-electron chi connectivity index (χ4n) is 11.8. The van der Waals surface area contributed by atoms with Crippen molar-refractivity contribution < 1.29 is 4.42 Å². The van der Waals surface area contributed by atoms with E-state index < -0.39 is 0 Å². The van der Waals surface area contributed by atoms with Gasteiger partial charge in [0.05, 0.1) is 17.0 Å². The minimum Gasteiger partial charge on any atom is -0.468 e. The molecule has 6 aromatic rings. The molecule has 10 rings (SSSR count). The van der Waals surface area contributed by atoms with Crippen molar-refractivity contribution in [1.82, 2.24) is 0 Å². The molecule has 0 amide bonds. The smallest absolute Gasteiger partial charge is 0.297 e. The van der Waals surface area contributed by atoms with Crippen LogP contribution in [0.3, 0.4) is 0 Å². The third-order valence-corrected chi connectivity index (χ3v) is 15.7. The number of benzene rings is 5. The van der Waals surface area contributed by atoms with Crippen molar-refractivity contribution in [1.29, 1.82) is 0 Å². The number of nitrogens with zero attached hydrogens (tertiary/aromatic N) is 2. The summed E-state index contributed by atoms with van der Waals surface area (Å²) in [7, 11) is 0. The second-order valence-corrected chi connectivity index (χ2v) is 25.7. The van der Waals surface area contributed by atoms with Gasteiger partial charge in [0, 0.05) is 34.1 Å². The molecule has 2 aliphatic carbocycles. The highest BCUT2D eigenvalue weighted by Gasteiger charge is 2.51.